The van der Waals surface area contributed by atoms with E-state index in [1.807, 2.05) is 12.1 Å². The van der Waals surface area contributed by atoms with Crippen molar-refractivity contribution < 1.29 is 9.84 Å². The summed E-state index contributed by atoms with van der Waals surface area (Å²) in [4.78, 5) is 2.44. The Hall–Kier alpha value is -1.26. The smallest absolute Gasteiger partial charge is 0.160 e. The normalized spacial score (nSPS) is 22.2. The van der Waals surface area contributed by atoms with Crippen LogP contribution >= 0.6 is 0 Å². The van der Waals surface area contributed by atoms with Gasteiger partial charge in [0.2, 0.25) is 0 Å². The first-order valence-corrected chi connectivity index (χ1v) is 6.96. The Morgan fingerprint density at radius 3 is 2.95 bits per heavy atom. The minimum absolute atomic E-state index is 0.175. The van der Waals surface area contributed by atoms with Crippen molar-refractivity contribution in [2.24, 2.45) is 11.7 Å². The van der Waals surface area contributed by atoms with Crippen LogP contribution in [-0.2, 0) is 0 Å². The molecule has 2 unspecified atom stereocenters. The van der Waals surface area contributed by atoms with Crippen LogP contribution in [0.25, 0.3) is 0 Å². The Balaban J connectivity index is 2.21. The summed E-state index contributed by atoms with van der Waals surface area (Å²) in [6.07, 6.45) is 2.53. The molecule has 0 aliphatic carbocycles. The molecule has 2 atom stereocenters. The zero-order valence-electron chi connectivity index (χ0n) is 11.8. The average Bonchev–Trinajstić information content (AvgIpc) is 2.41. The number of nitrogens with two attached hydrogens (primary N) is 1. The Bertz CT molecular complexity index is 423. The van der Waals surface area contributed by atoms with E-state index in [0.717, 1.165) is 24.6 Å². The van der Waals surface area contributed by atoms with Crippen LogP contribution in [0, 0.1) is 5.92 Å². The molecule has 0 saturated carbocycles. The minimum atomic E-state index is 0.175. The van der Waals surface area contributed by atoms with Gasteiger partial charge in [-0.3, -0.25) is 4.90 Å². The molecule has 1 aromatic rings. The van der Waals surface area contributed by atoms with Gasteiger partial charge in [-0.05, 0) is 43.0 Å². The first-order chi connectivity index (χ1) is 9.15. The molecular weight excluding hydrogens is 240 g/mol. The van der Waals surface area contributed by atoms with E-state index in [0.29, 0.717) is 12.3 Å². The molecule has 0 aromatic heterocycles. The van der Waals surface area contributed by atoms with Crippen molar-refractivity contribution in [2.75, 3.05) is 26.7 Å². The first-order valence-electron chi connectivity index (χ1n) is 6.96. The maximum Gasteiger partial charge on any atom is 0.160 e. The van der Waals surface area contributed by atoms with Gasteiger partial charge in [0.15, 0.2) is 11.5 Å². The van der Waals surface area contributed by atoms with Gasteiger partial charge in [0.25, 0.3) is 0 Å². The van der Waals surface area contributed by atoms with Crippen molar-refractivity contribution in [1.82, 2.24) is 4.90 Å². The van der Waals surface area contributed by atoms with E-state index in [9.17, 15) is 5.11 Å². The number of ether oxygens (including phenoxy) is 1. The maximum atomic E-state index is 9.67. The van der Waals surface area contributed by atoms with E-state index in [4.69, 9.17) is 10.5 Å². The summed E-state index contributed by atoms with van der Waals surface area (Å²) in [5, 5.41) is 9.67. The zero-order chi connectivity index (χ0) is 13.8. The Labute approximate surface area is 115 Å². The largest absolute Gasteiger partial charge is 0.504 e. The van der Waals surface area contributed by atoms with E-state index < -0.39 is 0 Å². The van der Waals surface area contributed by atoms with Crippen LogP contribution in [0.2, 0.25) is 0 Å². The van der Waals surface area contributed by atoms with E-state index >= 15 is 0 Å². The molecular formula is C15H24N2O2. The van der Waals surface area contributed by atoms with E-state index in [1.54, 1.807) is 13.2 Å². The number of phenols is 1. The van der Waals surface area contributed by atoms with Gasteiger partial charge in [-0.2, -0.15) is 0 Å². The third-order valence-corrected chi connectivity index (χ3v) is 3.94. The molecule has 4 heteroatoms. The molecule has 1 aliphatic rings. The van der Waals surface area contributed by atoms with Gasteiger partial charge in [0, 0.05) is 19.1 Å². The average molecular weight is 264 g/mol. The second-order valence-electron chi connectivity index (χ2n) is 5.43. The van der Waals surface area contributed by atoms with Gasteiger partial charge < -0.3 is 15.6 Å². The van der Waals surface area contributed by atoms with Gasteiger partial charge in [-0.1, -0.05) is 13.0 Å². The predicted octanol–water partition coefficient (Wildman–Crippen LogP) is 2.13. The summed E-state index contributed by atoms with van der Waals surface area (Å²) in [5.41, 5.74) is 7.08. The first kappa shape index (κ1) is 14.2. The molecule has 0 amide bonds. The molecule has 1 heterocycles. The Kier molecular flexibility index (Phi) is 4.66. The standard InChI is InChI=1S/C15H24N2O2/c1-11-4-3-7-17(10-11)13(9-16)12-5-6-14(18)15(8-12)19-2/h5-6,8,11,13,18H,3-4,7,9-10,16H2,1-2H3. The highest BCUT2D eigenvalue weighted by Crippen LogP contribution is 2.32. The number of hydrogen-bond donors (Lipinski definition) is 2. The summed E-state index contributed by atoms with van der Waals surface area (Å²) in [5.74, 6) is 1.41. The number of nitrogens with zero attached hydrogens (tertiary/aromatic N) is 1. The van der Waals surface area contributed by atoms with Crippen molar-refractivity contribution in [3.05, 3.63) is 23.8 Å². The molecule has 106 valence electrons. The number of phenolic OH excluding ortho intramolecular Hbond substituents is 1. The van der Waals surface area contributed by atoms with Crippen molar-refractivity contribution in [3.8, 4) is 11.5 Å². The number of hydrogen-bond acceptors (Lipinski definition) is 4. The third-order valence-electron chi connectivity index (χ3n) is 3.94. The number of benzene rings is 1. The number of piperidine rings is 1. The summed E-state index contributed by atoms with van der Waals surface area (Å²) < 4.78 is 5.18. The monoisotopic (exact) mass is 264 g/mol. The van der Waals surface area contributed by atoms with Crippen molar-refractivity contribution in [2.45, 2.75) is 25.8 Å². The van der Waals surface area contributed by atoms with Crippen LogP contribution in [0.15, 0.2) is 18.2 Å². The van der Waals surface area contributed by atoms with Crippen molar-refractivity contribution in [3.63, 3.8) is 0 Å². The molecule has 4 nitrogen and oxygen atoms in total. The Morgan fingerprint density at radius 1 is 1.53 bits per heavy atom. The second kappa shape index (κ2) is 6.26. The topological polar surface area (TPSA) is 58.7 Å². The van der Waals surface area contributed by atoms with Gasteiger partial charge >= 0.3 is 0 Å². The lowest BCUT2D eigenvalue weighted by Gasteiger charge is -2.37. The van der Waals surface area contributed by atoms with Gasteiger partial charge in [-0.25, -0.2) is 0 Å². The fourth-order valence-electron chi connectivity index (χ4n) is 2.91. The lowest BCUT2D eigenvalue weighted by molar-refractivity contribution is 0.133. The number of likely N-dealkylation sites (tertiary alicyclic amines) is 1. The summed E-state index contributed by atoms with van der Waals surface area (Å²) >= 11 is 0. The summed E-state index contributed by atoms with van der Waals surface area (Å²) in [6, 6.07) is 5.72. The van der Waals surface area contributed by atoms with Crippen LogP contribution in [-0.4, -0.2) is 36.8 Å². The lowest BCUT2D eigenvalue weighted by Crippen LogP contribution is -2.40. The molecule has 1 saturated heterocycles. The zero-order valence-corrected chi connectivity index (χ0v) is 11.8. The highest BCUT2D eigenvalue weighted by molar-refractivity contribution is 5.42. The molecule has 1 aromatic carbocycles. The molecule has 1 aliphatic heterocycles. The van der Waals surface area contributed by atoms with Crippen LogP contribution in [0.4, 0.5) is 0 Å². The minimum Gasteiger partial charge on any atom is -0.504 e. The van der Waals surface area contributed by atoms with Crippen LogP contribution in [0.3, 0.4) is 0 Å². The lowest BCUT2D eigenvalue weighted by atomic mass is 9.96. The predicted molar refractivity (Wildman–Crippen MR) is 76.4 cm³/mol. The maximum absolute atomic E-state index is 9.67. The molecule has 0 spiro atoms. The van der Waals surface area contributed by atoms with Gasteiger partial charge in [0.05, 0.1) is 7.11 Å². The molecule has 3 N–H and O–H groups in total. The fourth-order valence-corrected chi connectivity index (χ4v) is 2.91. The highest BCUT2D eigenvalue weighted by atomic mass is 16.5. The number of aromatic hydroxyl groups is 1. The Morgan fingerprint density at radius 2 is 2.32 bits per heavy atom. The molecule has 0 bridgehead atoms. The van der Waals surface area contributed by atoms with Crippen LogP contribution in [0.5, 0.6) is 11.5 Å². The van der Waals surface area contributed by atoms with E-state index in [2.05, 4.69) is 11.8 Å². The molecule has 19 heavy (non-hydrogen) atoms. The number of methoxy groups -OCH3 is 1. The van der Waals surface area contributed by atoms with Crippen molar-refractivity contribution in [1.29, 1.82) is 0 Å². The van der Waals surface area contributed by atoms with E-state index in [1.165, 1.54) is 12.8 Å². The fraction of sp³-hybridized carbons (Fsp3) is 0.600. The third kappa shape index (κ3) is 3.19. The van der Waals surface area contributed by atoms with Gasteiger partial charge in [-0.15, -0.1) is 0 Å². The van der Waals surface area contributed by atoms with Gasteiger partial charge in [0.1, 0.15) is 0 Å². The van der Waals surface area contributed by atoms with Crippen molar-refractivity contribution >= 4 is 0 Å². The molecule has 1 fully saturated rings. The number of rotatable bonds is 4. The quantitative estimate of drug-likeness (QED) is 0.874. The highest BCUT2D eigenvalue weighted by Gasteiger charge is 2.24. The van der Waals surface area contributed by atoms with E-state index in [-0.39, 0.29) is 11.8 Å². The SMILES string of the molecule is COc1cc(C(CN)N2CCCC(C)C2)ccc1O. The summed E-state index contributed by atoms with van der Waals surface area (Å²) in [7, 11) is 1.57. The van der Waals surface area contributed by atoms with Crippen LogP contribution in [0.1, 0.15) is 31.4 Å². The molecule has 2 rings (SSSR count). The van der Waals surface area contributed by atoms with Crippen LogP contribution < -0.4 is 10.5 Å². The molecule has 0 radical (unpaired) electrons. The summed E-state index contributed by atoms with van der Waals surface area (Å²) in [6.45, 7) is 5.05. The second-order valence-corrected chi connectivity index (χ2v) is 5.43.